The van der Waals surface area contributed by atoms with E-state index in [0.717, 1.165) is 28.0 Å². The van der Waals surface area contributed by atoms with Crippen molar-refractivity contribution in [1.82, 2.24) is 14.4 Å². The van der Waals surface area contributed by atoms with Crippen LogP contribution in [-0.2, 0) is 0 Å². The second-order valence-electron chi connectivity index (χ2n) is 9.87. The third-order valence-corrected chi connectivity index (χ3v) is 7.67. The minimum atomic E-state index is 0.859. The monoisotopic (exact) mass is 497 g/mol. The highest BCUT2D eigenvalue weighted by Crippen LogP contribution is 2.43. The van der Waals surface area contributed by atoms with Crippen LogP contribution in [-0.4, -0.2) is 14.4 Å². The lowest BCUT2D eigenvalue weighted by molar-refractivity contribution is 1.21. The summed E-state index contributed by atoms with van der Waals surface area (Å²) >= 11 is 0. The molecule has 3 heteroatoms. The van der Waals surface area contributed by atoms with Crippen LogP contribution in [0.15, 0.2) is 140 Å². The molecule has 0 radical (unpaired) electrons. The first-order valence-corrected chi connectivity index (χ1v) is 13.2. The third-order valence-electron chi connectivity index (χ3n) is 7.67. The smallest absolute Gasteiger partial charge is 0.0886 e. The first-order chi connectivity index (χ1) is 19.4. The van der Waals surface area contributed by atoms with Gasteiger partial charge in [0.25, 0.3) is 0 Å². The van der Waals surface area contributed by atoms with Crippen LogP contribution in [0.5, 0.6) is 0 Å². The molecule has 0 saturated heterocycles. The van der Waals surface area contributed by atoms with Crippen molar-refractivity contribution in [1.29, 1.82) is 0 Å². The second-order valence-corrected chi connectivity index (χ2v) is 9.87. The lowest BCUT2D eigenvalue weighted by Crippen LogP contribution is -1.92. The molecule has 39 heavy (non-hydrogen) atoms. The lowest BCUT2D eigenvalue weighted by atomic mass is 9.98. The van der Waals surface area contributed by atoms with E-state index >= 15 is 0 Å². The molecular formula is C36H23N3. The maximum absolute atomic E-state index is 4.82. The SMILES string of the molecule is c1ccc(-c2cnc(-c3ccc4c(-c5ccccc5)c5c6ccccc6c6ccccc6n5c4c3)cn2)cc1. The van der Waals surface area contributed by atoms with Gasteiger partial charge in [0.2, 0.25) is 0 Å². The van der Waals surface area contributed by atoms with Crippen molar-refractivity contribution in [3.63, 3.8) is 0 Å². The van der Waals surface area contributed by atoms with E-state index in [4.69, 9.17) is 9.97 Å². The predicted octanol–water partition coefficient (Wildman–Crippen LogP) is 9.19. The summed E-state index contributed by atoms with van der Waals surface area (Å²) in [6, 6.07) is 45.0. The van der Waals surface area contributed by atoms with Crippen molar-refractivity contribution in [3.05, 3.63) is 140 Å². The lowest BCUT2D eigenvalue weighted by Gasteiger charge is -2.11. The summed E-state index contributed by atoms with van der Waals surface area (Å²) < 4.78 is 2.44. The minimum absolute atomic E-state index is 0.859. The quantitative estimate of drug-likeness (QED) is 0.228. The van der Waals surface area contributed by atoms with Crippen LogP contribution in [0.2, 0.25) is 0 Å². The van der Waals surface area contributed by atoms with Gasteiger partial charge in [0.15, 0.2) is 0 Å². The van der Waals surface area contributed by atoms with Crippen LogP contribution < -0.4 is 0 Å². The fourth-order valence-electron chi connectivity index (χ4n) is 5.91. The number of rotatable bonds is 3. The topological polar surface area (TPSA) is 30.2 Å². The van der Waals surface area contributed by atoms with Crippen LogP contribution in [0, 0.1) is 0 Å². The van der Waals surface area contributed by atoms with Gasteiger partial charge >= 0.3 is 0 Å². The Balaban J connectivity index is 1.45. The average molecular weight is 498 g/mol. The molecule has 0 atom stereocenters. The Hall–Kier alpha value is -5.28. The van der Waals surface area contributed by atoms with E-state index in [9.17, 15) is 0 Å². The van der Waals surface area contributed by atoms with E-state index in [1.54, 1.807) is 0 Å². The van der Waals surface area contributed by atoms with Crippen molar-refractivity contribution in [2.24, 2.45) is 0 Å². The highest BCUT2D eigenvalue weighted by molar-refractivity contribution is 6.22. The van der Waals surface area contributed by atoms with Gasteiger partial charge in [-0.25, -0.2) is 0 Å². The van der Waals surface area contributed by atoms with Gasteiger partial charge in [-0.15, -0.1) is 0 Å². The van der Waals surface area contributed by atoms with Gasteiger partial charge in [0, 0.05) is 32.8 Å². The molecule has 8 rings (SSSR count). The van der Waals surface area contributed by atoms with Gasteiger partial charge in [-0.05, 0) is 23.1 Å². The van der Waals surface area contributed by atoms with E-state index in [1.807, 2.05) is 30.6 Å². The van der Waals surface area contributed by atoms with Gasteiger partial charge in [0.05, 0.1) is 40.3 Å². The molecule has 0 spiro atoms. The molecule has 182 valence electrons. The van der Waals surface area contributed by atoms with Gasteiger partial charge in [-0.3, -0.25) is 9.97 Å². The van der Waals surface area contributed by atoms with Gasteiger partial charge in [0.1, 0.15) is 0 Å². The molecule has 0 N–H and O–H groups in total. The summed E-state index contributed by atoms with van der Waals surface area (Å²) in [5.41, 5.74) is 9.90. The molecule has 5 aromatic carbocycles. The summed E-state index contributed by atoms with van der Waals surface area (Å²) in [4.78, 5) is 9.56. The Labute approximate surface area is 225 Å². The Morgan fingerprint density at radius 3 is 1.72 bits per heavy atom. The van der Waals surface area contributed by atoms with Crippen molar-refractivity contribution >= 4 is 38.1 Å². The molecule has 0 saturated carbocycles. The van der Waals surface area contributed by atoms with Crippen LogP contribution in [0.1, 0.15) is 0 Å². The van der Waals surface area contributed by atoms with Crippen LogP contribution >= 0.6 is 0 Å². The van der Waals surface area contributed by atoms with Gasteiger partial charge < -0.3 is 4.40 Å². The van der Waals surface area contributed by atoms with Crippen molar-refractivity contribution in [3.8, 4) is 33.6 Å². The van der Waals surface area contributed by atoms with E-state index in [1.165, 1.54) is 43.7 Å². The molecule has 0 aliphatic heterocycles. The molecule has 3 aromatic heterocycles. The van der Waals surface area contributed by atoms with E-state index in [-0.39, 0.29) is 0 Å². The van der Waals surface area contributed by atoms with Crippen molar-refractivity contribution < 1.29 is 0 Å². The summed E-state index contributed by atoms with van der Waals surface area (Å²) in [7, 11) is 0. The largest absolute Gasteiger partial charge is 0.308 e. The fourth-order valence-corrected chi connectivity index (χ4v) is 5.91. The van der Waals surface area contributed by atoms with Crippen molar-refractivity contribution in [2.45, 2.75) is 0 Å². The van der Waals surface area contributed by atoms with Gasteiger partial charge in [-0.2, -0.15) is 0 Å². The first kappa shape index (κ1) is 21.8. The molecule has 0 bridgehead atoms. The van der Waals surface area contributed by atoms with Crippen LogP contribution in [0.4, 0.5) is 0 Å². The number of para-hydroxylation sites is 1. The maximum Gasteiger partial charge on any atom is 0.0886 e. The summed E-state index contributed by atoms with van der Waals surface area (Å²) in [6.45, 7) is 0. The highest BCUT2D eigenvalue weighted by atomic mass is 14.9. The second kappa shape index (κ2) is 8.64. The van der Waals surface area contributed by atoms with Crippen LogP contribution in [0.25, 0.3) is 71.7 Å². The summed E-state index contributed by atoms with van der Waals surface area (Å²) in [6.07, 6.45) is 3.74. The first-order valence-electron chi connectivity index (χ1n) is 13.2. The molecule has 0 fully saturated rings. The predicted molar refractivity (Wildman–Crippen MR) is 162 cm³/mol. The third kappa shape index (κ3) is 3.37. The van der Waals surface area contributed by atoms with Gasteiger partial charge in [-0.1, -0.05) is 115 Å². The molecule has 3 nitrogen and oxygen atoms in total. The molecule has 8 aromatic rings. The zero-order valence-corrected chi connectivity index (χ0v) is 21.1. The number of fused-ring (bicyclic) bond motifs is 8. The Bertz CT molecular complexity index is 2140. The number of hydrogen-bond acceptors (Lipinski definition) is 2. The number of pyridine rings is 1. The molecule has 0 aliphatic carbocycles. The molecule has 0 aliphatic rings. The normalized spacial score (nSPS) is 11.6. The number of nitrogens with zero attached hydrogens (tertiary/aromatic N) is 3. The van der Waals surface area contributed by atoms with E-state index in [0.29, 0.717) is 0 Å². The summed E-state index contributed by atoms with van der Waals surface area (Å²) in [5.74, 6) is 0. The van der Waals surface area contributed by atoms with E-state index < -0.39 is 0 Å². The number of aromatic nitrogens is 3. The zero-order valence-electron chi connectivity index (χ0n) is 21.1. The number of benzene rings is 5. The average Bonchev–Trinajstić information content (AvgIpc) is 3.37. The zero-order chi connectivity index (χ0) is 25.8. The maximum atomic E-state index is 4.82. The minimum Gasteiger partial charge on any atom is -0.308 e. The summed E-state index contributed by atoms with van der Waals surface area (Å²) in [5, 5.41) is 4.98. The Morgan fingerprint density at radius 2 is 1.00 bits per heavy atom. The standard InChI is InChI=1S/C36H23N3/c1-3-11-24(12-4-1)31-22-38-32(23-37-31)26-19-20-30-34(21-26)39-33-18-10-9-16-28(33)27-15-7-8-17-29(27)36(39)35(30)25-13-5-2-6-14-25/h1-23H. The number of hydrogen-bond donors (Lipinski definition) is 0. The van der Waals surface area contributed by atoms with Crippen LogP contribution in [0.3, 0.4) is 0 Å². The molecular weight excluding hydrogens is 474 g/mol. The van der Waals surface area contributed by atoms with Crippen molar-refractivity contribution in [2.75, 3.05) is 0 Å². The molecule has 0 unspecified atom stereocenters. The van der Waals surface area contributed by atoms with E-state index in [2.05, 4.69) is 114 Å². The molecule has 3 heterocycles. The Kier molecular flexibility index (Phi) is 4.82. The molecule has 0 amide bonds. The Morgan fingerprint density at radius 1 is 0.410 bits per heavy atom. The highest BCUT2D eigenvalue weighted by Gasteiger charge is 2.19. The fraction of sp³-hybridized carbons (Fsp3) is 0.